The van der Waals surface area contributed by atoms with Gasteiger partial charge in [0, 0.05) is 10.8 Å². The summed E-state index contributed by atoms with van der Waals surface area (Å²) < 4.78 is 0. The van der Waals surface area contributed by atoms with Gasteiger partial charge in [-0.05, 0) is 31.9 Å². The first-order valence-corrected chi connectivity index (χ1v) is 8.20. The maximum absolute atomic E-state index is 6.16. The Morgan fingerprint density at radius 2 is 1.95 bits per heavy atom. The number of rotatable bonds is 2. The summed E-state index contributed by atoms with van der Waals surface area (Å²) in [7, 11) is 0. The molecule has 1 heterocycles. The first-order chi connectivity index (χ1) is 8.93. The monoisotopic (exact) mass is 336 g/mol. The minimum atomic E-state index is -0.00103. The molecule has 6 heteroatoms. The van der Waals surface area contributed by atoms with Crippen LogP contribution in [0.3, 0.4) is 0 Å². The van der Waals surface area contributed by atoms with E-state index in [2.05, 4.69) is 19.2 Å². The zero-order valence-electron chi connectivity index (χ0n) is 10.8. The second-order valence-corrected chi connectivity index (χ2v) is 7.07. The third kappa shape index (κ3) is 3.72. The minimum absolute atomic E-state index is 0.00103. The molecule has 1 aliphatic rings. The quantitative estimate of drug-likeness (QED) is 0.746. The summed E-state index contributed by atoms with van der Waals surface area (Å²) in [5.74, 6) is 1.04. The molecule has 0 fully saturated rings. The molecule has 0 aliphatic carbocycles. The zero-order valence-corrected chi connectivity index (χ0v) is 13.8. The van der Waals surface area contributed by atoms with Crippen LogP contribution in [0.4, 0.5) is 5.69 Å². The third-order valence-electron chi connectivity index (χ3n) is 3.25. The van der Waals surface area contributed by atoms with E-state index in [0.717, 1.165) is 23.8 Å². The maximum atomic E-state index is 6.16. The molecule has 0 aromatic heterocycles. The Balaban J connectivity index is 2.27. The molecule has 1 aromatic rings. The van der Waals surface area contributed by atoms with Crippen molar-refractivity contribution in [2.45, 2.75) is 32.2 Å². The SMILES string of the molecule is CCC1(C)CCSC(Nc2c(Cl)cc(Cl)cc2Cl)=N1. The largest absolute Gasteiger partial charge is 0.333 e. The molecule has 0 saturated carbocycles. The number of benzene rings is 1. The number of hydrogen-bond acceptors (Lipinski definition) is 3. The van der Waals surface area contributed by atoms with Gasteiger partial charge in [-0.1, -0.05) is 53.5 Å². The van der Waals surface area contributed by atoms with Crippen molar-refractivity contribution < 1.29 is 0 Å². The summed E-state index contributed by atoms with van der Waals surface area (Å²) >= 11 is 19.9. The molecular formula is C13H15Cl3N2S. The zero-order chi connectivity index (χ0) is 14.0. The standard InChI is InChI=1S/C13H15Cl3N2S/c1-3-13(2)4-5-19-12(18-13)17-11-9(15)6-8(14)7-10(11)16/h6-7H,3-5H2,1-2H3,(H,17,18). The summed E-state index contributed by atoms with van der Waals surface area (Å²) in [6, 6.07) is 3.34. The van der Waals surface area contributed by atoms with Gasteiger partial charge in [0.1, 0.15) is 0 Å². The van der Waals surface area contributed by atoms with Crippen LogP contribution in [0, 0.1) is 0 Å². The van der Waals surface area contributed by atoms with Gasteiger partial charge in [0.05, 0.1) is 21.3 Å². The molecule has 0 radical (unpaired) electrons. The fourth-order valence-corrected chi connectivity index (χ4v) is 3.90. The van der Waals surface area contributed by atoms with Crippen LogP contribution in [-0.2, 0) is 0 Å². The van der Waals surface area contributed by atoms with Crippen LogP contribution in [0.2, 0.25) is 15.1 Å². The van der Waals surface area contributed by atoms with Gasteiger partial charge in [-0.2, -0.15) is 0 Å². The fraction of sp³-hybridized carbons (Fsp3) is 0.462. The normalized spacial score (nSPS) is 23.1. The van der Waals surface area contributed by atoms with E-state index in [4.69, 9.17) is 39.8 Å². The number of amidine groups is 1. The Bertz CT molecular complexity index is 496. The molecule has 2 nitrogen and oxygen atoms in total. The molecule has 1 aliphatic heterocycles. The Hall–Kier alpha value is -0.0900. The summed E-state index contributed by atoms with van der Waals surface area (Å²) in [6.45, 7) is 4.32. The van der Waals surface area contributed by atoms with Gasteiger partial charge in [-0.3, -0.25) is 4.99 Å². The molecule has 0 amide bonds. The van der Waals surface area contributed by atoms with Crippen molar-refractivity contribution in [3.8, 4) is 0 Å². The Morgan fingerprint density at radius 1 is 1.32 bits per heavy atom. The molecule has 104 valence electrons. The first-order valence-electron chi connectivity index (χ1n) is 6.08. The fourth-order valence-electron chi connectivity index (χ4n) is 1.79. The van der Waals surface area contributed by atoms with E-state index < -0.39 is 0 Å². The van der Waals surface area contributed by atoms with Crippen LogP contribution in [0.25, 0.3) is 0 Å². The van der Waals surface area contributed by atoms with Crippen molar-refractivity contribution in [1.29, 1.82) is 0 Å². The van der Waals surface area contributed by atoms with Gasteiger partial charge < -0.3 is 5.32 Å². The lowest BCUT2D eigenvalue weighted by Gasteiger charge is -2.29. The topological polar surface area (TPSA) is 24.4 Å². The molecule has 0 bridgehead atoms. The third-order valence-corrected chi connectivity index (χ3v) is 4.94. The highest BCUT2D eigenvalue weighted by atomic mass is 35.5. The number of nitrogens with one attached hydrogen (secondary N) is 1. The van der Waals surface area contributed by atoms with Crippen LogP contribution in [-0.4, -0.2) is 16.5 Å². The van der Waals surface area contributed by atoms with E-state index in [1.165, 1.54) is 0 Å². The van der Waals surface area contributed by atoms with Crippen LogP contribution in [0.15, 0.2) is 17.1 Å². The van der Waals surface area contributed by atoms with Crippen molar-refractivity contribution in [3.63, 3.8) is 0 Å². The predicted molar refractivity (Wildman–Crippen MR) is 88.3 cm³/mol. The lowest BCUT2D eigenvalue weighted by molar-refractivity contribution is 0.443. The van der Waals surface area contributed by atoms with Gasteiger partial charge in [0.25, 0.3) is 0 Å². The molecule has 0 saturated heterocycles. The maximum Gasteiger partial charge on any atom is 0.161 e. The number of thioether (sulfide) groups is 1. The molecule has 1 N–H and O–H groups in total. The minimum Gasteiger partial charge on any atom is -0.333 e. The van der Waals surface area contributed by atoms with Gasteiger partial charge in [-0.15, -0.1) is 0 Å². The number of aliphatic imine (C=N–C) groups is 1. The molecule has 1 aromatic carbocycles. The van der Waals surface area contributed by atoms with Crippen molar-refractivity contribution in [2.24, 2.45) is 4.99 Å². The summed E-state index contributed by atoms with van der Waals surface area (Å²) in [5, 5.41) is 5.62. The van der Waals surface area contributed by atoms with E-state index in [1.54, 1.807) is 23.9 Å². The Kier molecular flexibility index (Phi) is 4.93. The van der Waals surface area contributed by atoms with Gasteiger partial charge in [0.2, 0.25) is 0 Å². The molecule has 1 atom stereocenters. The Labute approximate surface area is 132 Å². The lowest BCUT2D eigenvalue weighted by Crippen LogP contribution is -2.29. The number of anilines is 1. The average molecular weight is 338 g/mol. The number of nitrogens with zero attached hydrogens (tertiary/aromatic N) is 1. The van der Waals surface area contributed by atoms with Crippen LogP contribution >= 0.6 is 46.6 Å². The van der Waals surface area contributed by atoms with Crippen molar-refractivity contribution in [1.82, 2.24) is 0 Å². The van der Waals surface area contributed by atoms with Gasteiger partial charge in [0.15, 0.2) is 5.17 Å². The van der Waals surface area contributed by atoms with Crippen molar-refractivity contribution in [3.05, 3.63) is 27.2 Å². The van der Waals surface area contributed by atoms with E-state index in [-0.39, 0.29) is 5.54 Å². The van der Waals surface area contributed by atoms with Gasteiger partial charge >= 0.3 is 0 Å². The first kappa shape index (κ1) is 15.3. The summed E-state index contributed by atoms with van der Waals surface area (Å²) in [6.07, 6.45) is 2.10. The van der Waals surface area contributed by atoms with Crippen LogP contribution < -0.4 is 5.32 Å². The highest BCUT2D eigenvalue weighted by molar-refractivity contribution is 8.14. The predicted octanol–water partition coefficient (Wildman–Crippen LogP) is 5.72. The molecular weight excluding hydrogens is 323 g/mol. The summed E-state index contributed by atoms with van der Waals surface area (Å²) in [4.78, 5) is 4.75. The smallest absolute Gasteiger partial charge is 0.161 e. The van der Waals surface area contributed by atoms with E-state index in [9.17, 15) is 0 Å². The second kappa shape index (κ2) is 6.13. The molecule has 2 rings (SSSR count). The molecule has 19 heavy (non-hydrogen) atoms. The number of halogens is 3. The second-order valence-electron chi connectivity index (χ2n) is 4.74. The molecule has 0 spiro atoms. The molecule has 1 unspecified atom stereocenters. The van der Waals surface area contributed by atoms with Crippen molar-refractivity contribution >= 4 is 57.4 Å². The highest BCUT2D eigenvalue weighted by Gasteiger charge is 2.26. The number of hydrogen-bond donors (Lipinski definition) is 1. The van der Waals surface area contributed by atoms with E-state index in [0.29, 0.717) is 20.8 Å². The van der Waals surface area contributed by atoms with Gasteiger partial charge in [-0.25, -0.2) is 0 Å². The van der Waals surface area contributed by atoms with E-state index >= 15 is 0 Å². The highest BCUT2D eigenvalue weighted by Crippen LogP contribution is 2.36. The average Bonchev–Trinajstić information content (AvgIpc) is 2.34. The lowest BCUT2D eigenvalue weighted by atomic mass is 9.97. The summed E-state index contributed by atoms with van der Waals surface area (Å²) in [5.41, 5.74) is 0.665. The van der Waals surface area contributed by atoms with Crippen LogP contribution in [0.5, 0.6) is 0 Å². The Morgan fingerprint density at radius 3 is 2.53 bits per heavy atom. The van der Waals surface area contributed by atoms with Crippen molar-refractivity contribution in [2.75, 3.05) is 11.1 Å². The van der Waals surface area contributed by atoms with Crippen LogP contribution in [0.1, 0.15) is 26.7 Å². The van der Waals surface area contributed by atoms with E-state index in [1.807, 2.05) is 0 Å².